The summed E-state index contributed by atoms with van der Waals surface area (Å²) in [6.45, 7) is 0.438. The van der Waals surface area contributed by atoms with Gasteiger partial charge in [0.15, 0.2) is 0 Å². The van der Waals surface area contributed by atoms with Gasteiger partial charge >= 0.3 is 0 Å². The van der Waals surface area contributed by atoms with Crippen molar-refractivity contribution in [3.63, 3.8) is 0 Å². The molecule has 0 radical (unpaired) electrons. The van der Waals surface area contributed by atoms with Gasteiger partial charge in [0.1, 0.15) is 22.2 Å². The van der Waals surface area contributed by atoms with E-state index < -0.39 is 0 Å². The number of pyridine rings is 1. The van der Waals surface area contributed by atoms with E-state index in [0.29, 0.717) is 23.3 Å². The lowest BCUT2D eigenvalue weighted by Crippen LogP contribution is -2.24. The molecule has 6 heteroatoms. The average Bonchev–Trinajstić information content (AvgIpc) is 2.22. The van der Waals surface area contributed by atoms with Gasteiger partial charge in [0.2, 0.25) is 0 Å². The molecule has 80 valence electrons. The Morgan fingerprint density at radius 1 is 1.53 bits per heavy atom. The van der Waals surface area contributed by atoms with E-state index in [1.54, 1.807) is 6.07 Å². The lowest BCUT2D eigenvalue weighted by Gasteiger charge is -2.18. The van der Waals surface area contributed by atoms with Gasteiger partial charge in [-0.15, -0.1) is 0 Å². The molecule has 1 aliphatic heterocycles. The van der Waals surface area contributed by atoms with E-state index >= 15 is 0 Å². The number of nitrogens with two attached hydrogens (primary N) is 1. The number of amidine groups is 1. The van der Waals surface area contributed by atoms with Gasteiger partial charge in [0.25, 0.3) is 6.02 Å². The van der Waals surface area contributed by atoms with Crippen LogP contribution in [0.5, 0.6) is 0 Å². The SMILES string of the molecule is NC1=NC(c2nc(Br)ccc2F)CCO1. The number of ether oxygens (including phenoxy) is 1. The van der Waals surface area contributed by atoms with Crippen LogP contribution in [-0.4, -0.2) is 17.6 Å². The second-order valence-corrected chi connectivity index (χ2v) is 3.93. The van der Waals surface area contributed by atoms with E-state index in [0.717, 1.165) is 0 Å². The molecular weight excluding hydrogens is 265 g/mol. The molecule has 1 aromatic rings. The van der Waals surface area contributed by atoms with Crippen LogP contribution in [0.4, 0.5) is 4.39 Å². The van der Waals surface area contributed by atoms with Crippen LogP contribution in [0.2, 0.25) is 0 Å². The Labute approximate surface area is 94.5 Å². The standard InChI is InChI=1S/C9H9BrFN3O/c10-7-2-1-5(11)8(14-7)6-3-4-15-9(12)13-6/h1-2,6H,3-4H2,(H2,12,13). The lowest BCUT2D eigenvalue weighted by molar-refractivity contribution is 0.253. The predicted octanol–water partition coefficient (Wildman–Crippen LogP) is 1.76. The Morgan fingerprint density at radius 2 is 2.33 bits per heavy atom. The van der Waals surface area contributed by atoms with Crippen molar-refractivity contribution in [1.82, 2.24) is 4.98 Å². The number of hydrogen-bond acceptors (Lipinski definition) is 4. The van der Waals surface area contributed by atoms with Crippen LogP contribution in [0.3, 0.4) is 0 Å². The fraction of sp³-hybridized carbons (Fsp3) is 0.333. The highest BCUT2D eigenvalue weighted by Crippen LogP contribution is 2.25. The highest BCUT2D eigenvalue weighted by atomic mass is 79.9. The third kappa shape index (κ3) is 2.26. The molecule has 1 aliphatic rings. The first-order valence-electron chi connectivity index (χ1n) is 4.45. The number of rotatable bonds is 1. The monoisotopic (exact) mass is 273 g/mol. The van der Waals surface area contributed by atoms with Crippen molar-refractivity contribution in [3.8, 4) is 0 Å². The van der Waals surface area contributed by atoms with Gasteiger partial charge in [-0.1, -0.05) is 0 Å². The van der Waals surface area contributed by atoms with Crippen molar-refractivity contribution < 1.29 is 9.13 Å². The first-order valence-corrected chi connectivity index (χ1v) is 5.24. The molecule has 2 rings (SSSR count). The fourth-order valence-corrected chi connectivity index (χ4v) is 1.72. The molecule has 2 heterocycles. The molecule has 1 atom stereocenters. The minimum absolute atomic E-state index is 0.0902. The Bertz CT molecular complexity index is 410. The molecule has 0 saturated carbocycles. The third-order valence-corrected chi connectivity index (χ3v) is 2.52. The first kappa shape index (κ1) is 10.4. The summed E-state index contributed by atoms with van der Waals surface area (Å²) < 4.78 is 19.0. The fourth-order valence-electron chi connectivity index (χ4n) is 1.40. The Hall–Kier alpha value is -1.17. The zero-order valence-corrected chi connectivity index (χ0v) is 9.37. The maximum absolute atomic E-state index is 13.4. The summed E-state index contributed by atoms with van der Waals surface area (Å²) in [5, 5.41) is 0. The van der Waals surface area contributed by atoms with Crippen LogP contribution in [0.1, 0.15) is 18.2 Å². The molecule has 0 aliphatic carbocycles. The molecule has 15 heavy (non-hydrogen) atoms. The zero-order valence-electron chi connectivity index (χ0n) is 7.78. The van der Waals surface area contributed by atoms with Gasteiger partial charge in [-0.05, 0) is 28.1 Å². The van der Waals surface area contributed by atoms with Crippen LogP contribution in [0.25, 0.3) is 0 Å². The van der Waals surface area contributed by atoms with Crippen LogP contribution < -0.4 is 5.73 Å². The Morgan fingerprint density at radius 3 is 3.07 bits per heavy atom. The summed E-state index contributed by atoms with van der Waals surface area (Å²) in [4.78, 5) is 8.06. The maximum atomic E-state index is 13.4. The average molecular weight is 274 g/mol. The summed E-state index contributed by atoms with van der Waals surface area (Å²) in [5.74, 6) is -0.373. The van der Waals surface area contributed by atoms with E-state index in [4.69, 9.17) is 10.5 Å². The largest absolute Gasteiger partial charge is 0.465 e. The summed E-state index contributed by atoms with van der Waals surface area (Å²) in [7, 11) is 0. The molecule has 0 spiro atoms. The van der Waals surface area contributed by atoms with Gasteiger partial charge in [-0.2, -0.15) is 0 Å². The van der Waals surface area contributed by atoms with E-state index in [2.05, 4.69) is 25.9 Å². The third-order valence-electron chi connectivity index (χ3n) is 2.08. The van der Waals surface area contributed by atoms with Gasteiger partial charge in [0, 0.05) is 6.42 Å². The minimum Gasteiger partial charge on any atom is -0.465 e. The molecule has 0 aromatic carbocycles. The predicted molar refractivity (Wildman–Crippen MR) is 56.8 cm³/mol. The molecule has 0 saturated heterocycles. The Kier molecular flexibility index (Phi) is 2.86. The number of hydrogen-bond donors (Lipinski definition) is 1. The van der Waals surface area contributed by atoms with Crippen molar-refractivity contribution in [2.24, 2.45) is 10.7 Å². The second kappa shape index (κ2) is 4.14. The highest BCUT2D eigenvalue weighted by Gasteiger charge is 2.21. The molecule has 2 N–H and O–H groups in total. The van der Waals surface area contributed by atoms with Gasteiger partial charge in [0.05, 0.1) is 6.61 Å². The van der Waals surface area contributed by atoms with Gasteiger partial charge in [-0.25, -0.2) is 14.4 Å². The smallest absolute Gasteiger partial charge is 0.282 e. The molecule has 0 fully saturated rings. The van der Waals surface area contributed by atoms with Crippen molar-refractivity contribution in [1.29, 1.82) is 0 Å². The van der Waals surface area contributed by atoms with Crippen molar-refractivity contribution in [2.75, 3.05) is 6.61 Å². The number of halogens is 2. The normalized spacial score (nSPS) is 20.7. The van der Waals surface area contributed by atoms with E-state index in [9.17, 15) is 4.39 Å². The number of nitrogens with zero attached hydrogens (tertiary/aromatic N) is 2. The minimum atomic E-state index is -0.373. The van der Waals surface area contributed by atoms with Crippen molar-refractivity contribution in [3.05, 3.63) is 28.2 Å². The van der Waals surface area contributed by atoms with Gasteiger partial charge in [-0.3, -0.25) is 0 Å². The van der Waals surface area contributed by atoms with Crippen LogP contribution >= 0.6 is 15.9 Å². The van der Waals surface area contributed by atoms with Crippen LogP contribution in [-0.2, 0) is 4.74 Å². The van der Waals surface area contributed by atoms with Gasteiger partial charge < -0.3 is 10.5 Å². The molecule has 0 amide bonds. The van der Waals surface area contributed by atoms with Crippen molar-refractivity contribution >= 4 is 22.0 Å². The van der Waals surface area contributed by atoms with Crippen molar-refractivity contribution in [2.45, 2.75) is 12.5 Å². The van der Waals surface area contributed by atoms with Crippen LogP contribution in [0.15, 0.2) is 21.7 Å². The summed E-state index contributed by atoms with van der Waals surface area (Å²) in [6.07, 6.45) is 0.584. The zero-order chi connectivity index (χ0) is 10.8. The second-order valence-electron chi connectivity index (χ2n) is 3.12. The quantitative estimate of drug-likeness (QED) is 0.794. The maximum Gasteiger partial charge on any atom is 0.282 e. The molecule has 1 aromatic heterocycles. The number of aromatic nitrogens is 1. The molecule has 4 nitrogen and oxygen atoms in total. The topological polar surface area (TPSA) is 60.5 Å². The first-order chi connectivity index (χ1) is 7.16. The van der Waals surface area contributed by atoms with E-state index in [1.165, 1.54) is 6.07 Å². The number of aliphatic imine (C=N–C) groups is 1. The Balaban J connectivity index is 2.36. The molecular formula is C9H9BrFN3O. The molecule has 1 unspecified atom stereocenters. The lowest BCUT2D eigenvalue weighted by atomic mass is 10.1. The van der Waals surface area contributed by atoms with E-state index in [-0.39, 0.29) is 17.9 Å². The van der Waals surface area contributed by atoms with E-state index in [1.807, 2.05) is 0 Å². The highest BCUT2D eigenvalue weighted by molar-refractivity contribution is 9.10. The summed E-state index contributed by atoms with van der Waals surface area (Å²) >= 11 is 3.19. The molecule has 0 bridgehead atoms. The summed E-state index contributed by atoms with van der Waals surface area (Å²) in [6, 6.07) is 2.64. The van der Waals surface area contributed by atoms with Crippen LogP contribution in [0, 0.1) is 5.82 Å². The summed E-state index contributed by atoms with van der Waals surface area (Å²) in [5.41, 5.74) is 5.72.